The number of aryl methyl sites for hydroxylation is 1. The lowest BCUT2D eigenvalue weighted by Gasteiger charge is -2.05. The number of aromatic nitrogens is 2. The summed E-state index contributed by atoms with van der Waals surface area (Å²) in [5, 5.41) is 13.3. The number of aliphatic hydroxyl groups excluding tert-OH is 1. The first-order valence-corrected chi connectivity index (χ1v) is 3.99. The predicted octanol–water partition coefficient (Wildman–Crippen LogP) is 0.0166. The average molecular weight is 184 g/mol. The van der Waals surface area contributed by atoms with E-state index in [0.717, 1.165) is 0 Å². The Morgan fingerprint density at radius 2 is 2.54 bits per heavy atom. The lowest BCUT2D eigenvalue weighted by molar-refractivity contribution is -0.153. The predicted molar refractivity (Wildman–Crippen MR) is 44.8 cm³/mol. The molecule has 0 amide bonds. The van der Waals surface area contributed by atoms with Gasteiger partial charge in [-0.3, -0.25) is 4.68 Å². The second-order valence-corrected chi connectivity index (χ2v) is 2.57. The second kappa shape index (κ2) is 4.04. The van der Waals surface area contributed by atoms with E-state index in [1.807, 2.05) is 0 Å². The van der Waals surface area contributed by atoms with Gasteiger partial charge in [0.05, 0.1) is 6.61 Å². The van der Waals surface area contributed by atoms with E-state index in [2.05, 4.69) is 9.84 Å². The Bertz CT molecular complexity index is 295. The highest BCUT2D eigenvalue weighted by atomic mass is 16.5. The molecule has 0 aliphatic heterocycles. The smallest absolute Gasteiger partial charge is 0.341 e. The Balaban J connectivity index is 2.67. The molecule has 72 valence electrons. The lowest BCUT2D eigenvalue weighted by atomic mass is 10.3. The molecule has 1 aromatic rings. The van der Waals surface area contributed by atoms with Crippen molar-refractivity contribution in [1.82, 2.24) is 9.78 Å². The highest BCUT2D eigenvalue weighted by Gasteiger charge is 2.20. The summed E-state index contributed by atoms with van der Waals surface area (Å²) in [6.07, 6.45) is 0.374. The highest BCUT2D eigenvalue weighted by Crippen LogP contribution is 2.10. The minimum absolute atomic E-state index is 0.253. The Labute approximate surface area is 75.9 Å². The van der Waals surface area contributed by atoms with Crippen LogP contribution in [-0.2, 0) is 16.6 Å². The van der Waals surface area contributed by atoms with E-state index in [1.54, 1.807) is 26.2 Å². The lowest BCUT2D eigenvalue weighted by Crippen LogP contribution is -2.16. The average Bonchev–Trinajstić information content (AvgIpc) is 2.51. The van der Waals surface area contributed by atoms with Crippen LogP contribution in [0.4, 0.5) is 0 Å². The zero-order chi connectivity index (χ0) is 9.84. The quantitative estimate of drug-likeness (QED) is 0.672. The summed E-state index contributed by atoms with van der Waals surface area (Å²) in [6, 6.07) is 1.57. The molecule has 1 aromatic heterocycles. The van der Waals surface area contributed by atoms with Crippen LogP contribution in [0.25, 0.3) is 0 Å². The molecule has 0 fully saturated rings. The molecule has 1 unspecified atom stereocenters. The van der Waals surface area contributed by atoms with Gasteiger partial charge < -0.3 is 9.84 Å². The number of hydrogen-bond donors (Lipinski definition) is 1. The molecule has 0 aromatic carbocycles. The van der Waals surface area contributed by atoms with Gasteiger partial charge in [-0.1, -0.05) is 0 Å². The van der Waals surface area contributed by atoms with Crippen LogP contribution < -0.4 is 0 Å². The van der Waals surface area contributed by atoms with Crippen molar-refractivity contribution in [2.45, 2.75) is 13.0 Å². The number of aliphatic hydroxyl groups is 1. The maximum Gasteiger partial charge on any atom is 0.341 e. The fourth-order valence-electron chi connectivity index (χ4n) is 0.921. The summed E-state index contributed by atoms with van der Waals surface area (Å²) in [6.45, 7) is 1.94. The van der Waals surface area contributed by atoms with Crippen LogP contribution in [0.15, 0.2) is 12.3 Å². The van der Waals surface area contributed by atoms with Gasteiger partial charge in [0.2, 0.25) is 0 Å². The standard InChI is InChI=1S/C8H12N2O3/c1-3-13-8(12)7(11)6-4-5-10(2)9-6/h4-5,7,11H,3H2,1-2H3. The van der Waals surface area contributed by atoms with Crippen molar-refractivity contribution in [2.24, 2.45) is 7.05 Å². The van der Waals surface area contributed by atoms with Crippen LogP contribution in [0.3, 0.4) is 0 Å². The van der Waals surface area contributed by atoms with Crippen LogP contribution in [-0.4, -0.2) is 27.5 Å². The molecule has 5 nitrogen and oxygen atoms in total. The third-order valence-electron chi connectivity index (χ3n) is 1.52. The number of rotatable bonds is 3. The van der Waals surface area contributed by atoms with E-state index in [0.29, 0.717) is 5.69 Å². The fraction of sp³-hybridized carbons (Fsp3) is 0.500. The highest BCUT2D eigenvalue weighted by molar-refractivity contribution is 5.75. The Hall–Kier alpha value is -1.36. The van der Waals surface area contributed by atoms with Gasteiger partial charge in [-0.15, -0.1) is 0 Å². The first kappa shape index (κ1) is 9.73. The van der Waals surface area contributed by atoms with E-state index in [1.165, 1.54) is 4.68 Å². The third-order valence-corrected chi connectivity index (χ3v) is 1.52. The summed E-state index contributed by atoms with van der Waals surface area (Å²) < 4.78 is 6.14. The first-order chi connectivity index (χ1) is 6.15. The molecule has 0 radical (unpaired) electrons. The molecule has 0 saturated heterocycles. The second-order valence-electron chi connectivity index (χ2n) is 2.57. The molecule has 1 rings (SSSR count). The molecule has 1 heterocycles. The van der Waals surface area contributed by atoms with Crippen molar-refractivity contribution >= 4 is 5.97 Å². The zero-order valence-corrected chi connectivity index (χ0v) is 7.60. The Kier molecular flexibility index (Phi) is 3.02. The van der Waals surface area contributed by atoms with Crippen molar-refractivity contribution in [3.8, 4) is 0 Å². The van der Waals surface area contributed by atoms with Crippen LogP contribution >= 0.6 is 0 Å². The molecular weight excluding hydrogens is 172 g/mol. The van der Waals surface area contributed by atoms with Crippen LogP contribution in [0.5, 0.6) is 0 Å². The van der Waals surface area contributed by atoms with Gasteiger partial charge in [-0.2, -0.15) is 5.10 Å². The molecule has 13 heavy (non-hydrogen) atoms. The van der Waals surface area contributed by atoms with E-state index in [-0.39, 0.29) is 6.61 Å². The molecule has 1 N–H and O–H groups in total. The van der Waals surface area contributed by atoms with Gasteiger partial charge in [0.25, 0.3) is 0 Å². The van der Waals surface area contributed by atoms with Crippen molar-refractivity contribution in [3.05, 3.63) is 18.0 Å². The molecule has 0 aliphatic rings. The number of nitrogens with zero attached hydrogens (tertiary/aromatic N) is 2. The maximum absolute atomic E-state index is 11.0. The Morgan fingerprint density at radius 1 is 1.85 bits per heavy atom. The number of carbonyl (C=O) groups is 1. The number of esters is 1. The van der Waals surface area contributed by atoms with Crippen LogP contribution in [0.2, 0.25) is 0 Å². The molecule has 0 saturated carbocycles. The topological polar surface area (TPSA) is 64.3 Å². The van der Waals surface area contributed by atoms with Gasteiger partial charge in [0.1, 0.15) is 5.69 Å². The van der Waals surface area contributed by atoms with Gasteiger partial charge in [0.15, 0.2) is 6.10 Å². The molecule has 0 bridgehead atoms. The first-order valence-electron chi connectivity index (χ1n) is 3.99. The van der Waals surface area contributed by atoms with E-state index in [4.69, 9.17) is 0 Å². The zero-order valence-electron chi connectivity index (χ0n) is 7.60. The van der Waals surface area contributed by atoms with Crippen LogP contribution in [0, 0.1) is 0 Å². The summed E-state index contributed by atoms with van der Waals surface area (Å²) in [5.74, 6) is -0.666. The van der Waals surface area contributed by atoms with Gasteiger partial charge in [0, 0.05) is 13.2 Å². The van der Waals surface area contributed by atoms with E-state index < -0.39 is 12.1 Å². The Morgan fingerprint density at radius 3 is 3.00 bits per heavy atom. The molecule has 1 atom stereocenters. The van der Waals surface area contributed by atoms with Gasteiger partial charge in [-0.05, 0) is 13.0 Å². The summed E-state index contributed by atoms with van der Waals surface area (Å²) in [4.78, 5) is 11.0. The third kappa shape index (κ3) is 2.29. The largest absolute Gasteiger partial charge is 0.464 e. The number of hydrogen-bond acceptors (Lipinski definition) is 4. The van der Waals surface area contributed by atoms with Crippen molar-refractivity contribution in [1.29, 1.82) is 0 Å². The van der Waals surface area contributed by atoms with Gasteiger partial charge >= 0.3 is 5.97 Å². The molecular formula is C8H12N2O3. The molecule has 0 aliphatic carbocycles. The van der Waals surface area contributed by atoms with Crippen molar-refractivity contribution in [2.75, 3.05) is 6.61 Å². The normalized spacial score (nSPS) is 12.5. The van der Waals surface area contributed by atoms with Crippen LogP contribution in [0.1, 0.15) is 18.7 Å². The summed E-state index contributed by atoms with van der Waals surface area (Å²) in [5.41, 5.74) is 0.306. The van der Waals surface area contributed by atoms with E-state index >= 15 is 0 Å². The molecule has 5 heteroatoms. The number of ether oxygens (including phenoxy) is 1. The summed E-state index contributed by atoms with van der Waals surface area (Å²) >= 11 is 0. The summed E-state index contributed by atoms with van der Waals surface area (Å²) in [7, 11) is 1.71. The van der Waals surface area contributed by atoms with Crippen molar-refractivity contribution in [3.63, 3.8) is 0 Å². The molecule has 0 spiro atoms. The maximum atomic E-state index is 11.0. The monoisotopic (exact) mass is 184 g/mol. The number of carbonyl (C=O) groups excluding carboxylic acids is 1. The SMILES string of the molecule is CCOC(=O)C(O)c1ccn(C)n1. The van der Waals surface area contributed by atoms with E-state index in [9.17, 15) is 9.90 Å². The minimum Gasteiger partial charge on any atom is -0.464 e. The fourth-order valence-corrected chi connectivity index (χ4v) is 0.921. The van der Waals surface area contributed by atoms with Crippen molar-refractivity contribution < 1.29 is 14.6 Å². The van der Waals surface area contributed by atoms with Gasteiger partial charge in [-0.25, -0.2) is 4.79 Å². The minimum atomic E-state index is -1.28.